The average molecular weight is 347 g/mol. The van der Waals surface area contributed by atoms with Crippen LogP contribution < -0.4 is 5.32 Å². The van der Waals surface area contributed by atoms with Crippen LogP contribution in [0.15, 0.2) is 59.4 Å². The lowest BCUT2D eigenvalue weighted by molar-refractivity contribution is 0.102. The lowest BCUT2D eigenvalue weighted by Gasteiger charge is -2.07. The van der Waals surface area contributed by atoms with E-state index in [4.69, 9.17) is 4.52 Å². The van der Waals surface area contributed by atoms with Crippen LogP contribution in [-0.2, 0) is 0 Å². The van der Waals surface area contributed by atoms with E-state index < -0.39 is 0 Å². The molecule has 1 N–H and O–H groups in total. The van der Waals surface area contributed by atoms with Crippen molar-refractivity contribution in [1.29, 1.82) is 0 Å². The topological polar surface area (TPSA) is 112 Å². The van der Waals surface area contributed by atoms with Crippen LogP contribution in [0.2, 0.25) is 0 Å². The first-order chi connectivity index (χ1) is 12.7. The Balaban J connectivity index is 1.56. The molecule has 9 heteroatoms. The Morgan fingerprint density at radius 3 is 2.81 bits per heavy atom. The smallest absolute Gasteiger partial charge is 0.255 e. The molecule has 1 amide bonds. The van der Waals surface area contributed by atoms with Gasteiger partial charge in [0.2, 0.25) is 11.7 Å². The Hall–Kier alpha value is -3.88. The number of benzene rings is 2. The number of hydrogen-bond donors (Lipinski definition) is 1. The maximum atomic E-state index is 12.6. The van der Waals surface area contributed by atoms with Crippen molar-refractivity contribution in [3.63, 3.8) is 0 Å². The molecule has 2 aromatic heterocycles. The zero-order chi connectivity index (χ0) is 17.9. The van der Waals surface area contributed by atoms with Crippen molar-refractivity contribution in [3.8, 4) is 17.1 Å². The molecule has 4 aromatic rings. The van der Waals surface area contributed by atoms with Gasteiger partial charge >= 0.3 is 0 Å². The van der Waals surface area contributed by atoms with E-state index >= 15 is 0 Å². The molecule has 0 saturated heterocycles. The van der Waals surface area contributed by atoms with E-state index in [0.717, 1.165) is 5.69 Å². The number of anilines is 1. The van der Waals surface area contributed by atoms with Gasteiger partial charge in [0.1, 0.15) is 6.33 Å². The van der Waals surface area contributed by atoms with Crippen molar-refractivity contribution >= 4 is 11.6 Å². The quantitative estimate of drug-likeness (QED) is 0.602. The zero-order valence-corrected chi connectivity index (χ0v) is 13.7. The van der Waals surface area contributed by atoms with E-state index in [1.165, 1.54) is 11.0 Å². The molecule has 0 radical (unpaired) electrons. The maximum absolute atomic E-state index is 12.6. The molecule has 26 heavy (non-hydrogen) atoms. The van der Waals surface area contributed by atoms with Crippen LogP contribution in [0.5, 0.6) is 0 Å². The minimum Gasteiger partial charge on any atom is -0.339 e. The fourth-order valence-corrected chi connectivity index (χ4v) is 2.43. The van der Waals surface area contributed by atoms with Crippen molar-refractivity contribution in [2.45, 2.75) is 6.92 Å². The Morgan fingerprint density at radius 1 is 1.15 bits per heavy atom. The molecule has 0 bridgehead atoms. The van der Waals surface area contributed by atoms with E-state index in [-0.39, 0.29) is 5.91 Å². The highest BCUT2D eigenvalue weighted by atomic mass is 16.5. The Morgan fingerprint density at radius 2 is 2.04 bits per heavy atom. The first-order valence-corrected chi connectivity index (χ1v) is 7.74. The van der Waals surface area contributed by atoms with Gasteiger partial charge in [-0.25, -0.2) is 4.68 Å². The van der Waals surface area contributed by atoms with Crippen LogP contribution in [0.1, 0.15) is 16.2 Å². The minimum atomic E-state index is -0.249. The molecule has 2 aromatic carbocycles. The van der Waals surface area contributed by atoms with Gasteiger partial charge in [0.25, 0.3) is 5.91 Å². The summed E-state index contributed by atoms with van der Waals surface area (Å²) in [6.07, 6.45) is 1.48. The molecule has 0 spiro atoms. The standard InChI is InChI=1S/C17H13N7O2/c1-11-19-16(21-26-11)12-4-2-5-13(8-12)17(25)20-14-6-3-7-15(9-14)24-10-18-22-23-24/h2-10H,1H3,(H,20,25). The van der Waals surface area contributed by atoms with E-state index in [1.54, 1.807) is 37.3 Å². The van der Waals surface area contributed by atoms with Gasteiger partial charge in [0, 0.05) is 23.7 Å². The molecule has 0 saturated carbocycles. The van der Waals surface area contributed by atoms with Crippen LogP contribution in [0.4, 0.5) is 5.69 Å². The van der Waals surface area contributed by atoms with Crippen LogP contribution >= 0.6 is 0 Å². The molecule has 2 heterocycles. The molecular weight excluding hydrogens is 334 g/mol. The molecule has 0 unspecified atom stereocenters. The first-order valence-electron chi connectivity index (χ1n) is 7.74. The second-order valence-electron chi connectivity index (χ2n) is 5.48. The molecule has 0 fully saturated rings. The highest BCUT2D eigenvalue weighted by molar-refractivity contribution is 6.05. The van der Waals surface area contributed by atoms with Gasteiger partial charge in [-0.2, -0.15) is 4.98 Å². The highest BCUT2D eigenvalue weighted by Gasteiger charge is 2.11. The van der Waals surface area contributed by atoms with Crippen LogP contribution in [0.25, 0.3) is 17.1 Å². The summed E-state index contributed by atoms with van der Waals surface area (Å²) in [5.74, 6) is 0.660. The van der Waals surface area contributed by atoms with Crippen LogP contribution in [0.3, 0.4) is 0 Å². The highest BCUT2D eigenvalue weighted by Crippen LogP contribution is 2.19. The summed E-state index contributed by atoms with van der Waals surface area (Å²) in [4.78, 5) is 16.8. The van der Waals surface area contributed by atoms with Gasteiger partial charge in [-0.1, -0.05) is 23.4 Å². The summed E-state index contributed by atoms with van der Waals surface area (Å²) in [5, 5.41) is 17.8. The van der Waals surface area contributed by atoms with Gasteiger partial charge in [-0.05, 0) is 40.8 Å². The normalized spacial score (nSPS) is 10.7. The Bertz CT molecular complexity index is 1060. The van der Waals surface area contributed by atoms with E-state index in [2.05, 4.69) is 31.0 Å². The molecule has 4 rings (SSSR count). The number of carbonyl (C=O) groups excluding carboxylic acids is 1. The fourth-order valence-electron chi connectivity index (χ4n) is 2.43. The number of carbonyl (C=O) groups is 1. The largest absolute Gasteiger partial charge is 0.339 e. The Labute approximate surface area is 147 Å². The van der Waals surface area contributed by atoms with Crippen molar-refractivity contribution in [2.24, 2.45) is 0 Å². The summed E-state index contributed by atoms with van der Waals surface area (Å²) in [6, 6.07) is 14.2. The van der Waals surface area contributed by atoms with Gasteiger partial charge < -0.3 is 9.84 Å². The second kappa shape index (κ2) is 6.55. The Kier molecular flexibility index (Phi) is 3.94. The van der Waals surface area contributed by atoms with E-state index in [9.17, 15) is 4.79 Å². The summed E-state index contributed by atoms with van der Waals surface area (Å²) < 4.78 is 6.49. The second-order valence-corrected chi connectivity index (χ2v) is 5.48. The molecule has 9 nitrogen and oxygen atoms in total. The number of aryl methyl sites for hydroxylation is 1. The third kappa shape index (κ3) is 3.18. The third-order valence-electron chi connectivity index (χ3n) is 3.63. The monoisotopic (exact) mass is 347 g/mol. The lowest BCUT2D eigenvalue weighted by Crippen LogP contribution is -2.12. The molecule has 0 aliphatic carbocycles. The minimum absolute atomic E-state index is 0.249. The lowest BCUT2D eigenvalue weighted by atomic mass is 10.1. The van der Waals surface area contributed by atoms with Gasteiger partial charge in [0.15, 0.2) is 0 Å². The van der Waals surface area contributed by atoms with Crippen LogP contribution in [0, 0.1) is 6.92 Å². The van der Waals surface area contributed by atoms with Crippen LogP contribution in [-0.4, -0.2) is 36.3 Å². The molecular formula is C17H13N7O2. The van der Waals surface area contributed by atoms with Crippen molar-refractivity contribution < 1.29 is 9.32 Å². The zero-order valence-electron chi connectivity index (χ0n) is 13.7. The van der Waals surface area contributed by atoms with E-state index in [1.807, 2.05) is 18.2 Å². The predicted octanol–water partition coefficient (Wildman–Crippen LogP) is 2.27. The first kappa shape index (κ1) is 15.6. The predicted molar refractivity (Wildman–Crippen MR) is 91.6 cm³/mol. The fraction of sp³-hybridized carbons (Fsp3) is 0.0588. The third-order valence-corrected chi connectivity index (χ3v) is 3.63. The molecule has 128 valence electrons. The summed E-state index contributed by atoms with van der Waals surface area (Å²) in [5.41, 5.74) is 2.56. The average Bonchev–Trinajstić information content (AvgIpc) is 3.34. The molecule has 0 atom stereocenters. The van der Waals surface area contributed by atoms with Crippen molar-refractivity contribution in [3.05, 3.63) is 66.3 Å². The van der Waals surface area contributed by atoms with Gasteiger partial charge in [0.05, 0.1) is 5.69 Å². The van der Waals surface area contributed by atoms with Gasteiger partial charge in [-0.15, -0.1) is 5.10 Å². The SMILES string of the molecule is Cc1nc(-c2cccc(C(=O)Nc3cccc(-n4cnnn4)c3)c2)no1. The summed E-state index contributed by atoms with van der Waals surface area (Å²) in [6.45, 7) is 1.71. The number of nitrogens with one attached hydrogen (secondary N) is 1. The number of amides is 1. The molecule has 0 aliphatic rings. The summed E-state index contributed by atoms with van der Waals surface area (Å²) >= 11 is 0. The maximum Gasteiger partial charge on any atom is 0.255 e. The van der Waals surface area contributed by atoms with Gasteiger partial charge in [-0.3, -0.25) is 4.79 Å². The number of aromatic nitrogens is 6. The van der Waals surface area contributed by atoms with E-state index in [0.29, 0.717) is 28.5 Å². The molecule has 0 aliphatic heterocycles. The number of hydrogen-bond acceptors (Lipinski definition) is 7. The number of rotatable bonds is 4. The summed E-state index contributed by atoms with van der Waals surface area (Å²) in [7, 11) is 0. The van der Waals surface area contributed by atoms with Crippen molar-refractivity contribution in [1.82, 2.24) is 30.3 Å². The van der Waals surface area contributed by atoms with Crippen molar-refractivity contribution in [2.75, 3.05) is 5.32 Å². The number of nitrogens with zero attached hydrogens (tertiary/aromatic N) is 6. The number of tetrazole rings is 1.